The molecule has 0 bridgehead atoms. The van der Waals surface area contributed by atoms with E-state index in [4.69, 9.17) is 5.73 Å². The summed E-state index contributed by atoms with van der Waals surface area (Å²) in [4.78, 5) is 3.82. The third-order valence-corrected chi connectivity index (χ3v) is 4.26. The zero-order valence-electron chi connectivity index (χ0n) is 9.01. The lowest BCUT2D eigenvalue weighted by molar-refractivity contribution is 0.410. The first-order valence-electron chi connectivity index (χ1n) is 4.56. The number of anilines is 1. The van der Waals surface area contributed by atoms with Crippen molar-refractivity contribution in [2.75, 3.05) is 12.8 Å². The summed E-state index contributed by atoms with van der Waals surface area (Å²) >= 11 is 0. The van der Waals surface area contributed by atoms with Crippen LogP contribution in [0.3, 0.4) is 0 Å². The summed E-state index contributed by atoms with van der Waals surface area (Å²) in [6.07, 6.45) is 1.46. The number of pyridine rings is 1. The zero-order valence-corrected chi connectivity index (χ0v) is 9.82. The summed E-state index contributed by atoms with van der Waals surface area (Å²) in [6.45, 7) is 3.59. The Kier molecular flexibility index (Phi) is 3.31. The van der Waals surface area contributed by atoms with Crippen molar-refractivity contribution in [2.45, 2.75) is 24.8 Å². The lowest BCUT2D eigenvalue weighted by atomic mass is 10.4. The smallest absolute Gasteiger partial charge is 0.246 e. The molecule has 0 aliphatic rings. The predicted molar refractivity (Wildman–Crippen MR) is 58.7 cm³/mol. The van der Waals surface area contributed by atoms with E-state index in [-0.39, 0.29) is 16.8 Å². The van der Waals surface area contributed by atoms with Gasteiger partial charge in [0.25, 0.3) is 0 Å². The highest BCUT2D eigenvalue weighted by atomic mass is 32.2. The van der Waals surface area contributed by atoms with E-state index in [1.807, 2.05) is 0 Å². The van der Waals surface area contributed by atoms with E-state index in [2.05, 4.69) is 4.98 Å². The monoisotopic (exact) mass is 229 g/mol. The van der Waals surface area contributed by atoms with Gasteiger partial charge < -0.3 is 5.73 Å². The summed E-state index contributed by atoms with van der Waals surface area (Å²) in [7, 11) is -2.00. The molecule has 0 aliphatic carbocycles. The minimum absolute atomic E-state index is 0.0324. The van der Waals surface area contributed by atoms with Gasteiger partial charge in [0.15, 0.2) is 0 Å². The van der Waals surface area contributed by atoms with Crippen LogP contribution in [-0.4, -0.2) is 30.8 Å². The SMILES string of the molecule is CC(C)N(C)S(=O)(=O)c1cccnc1N. The average molecular weight is 229 g/mol. The van der Waals surface area contributed by atoms with Gasteiger partial charge >= 0.3 is 0 Å². The molecule has 0 fully saturated rings. The molecular formula is C9H15N3O2S. The maximum Gasteiger partial charge on any atom is 0.246 e. The van der Waals surface area contributed by atoms with Gasteiger partial charge in [-0.1, -0.05) is 0 Å². The number of rotatable bonds is 3. The Balaban J connectivity index is 3.24. The molecule has 1 aromatic heterocycles. The molecule has 1 rings (SSSR count). The largest absolute Gasteiger partial charge is 0.383 e. The molecule has 0 atom stereocenters. The van der Waals surface area contributed by atoms with Gasteiger partial charge in [-0.05, 0) is 26.0 Å². The van der Waals surface area contributed by atoms with Crippen LogP contribution in [0, 0.1) is 0 Å². The molecule has 0 saturated carbocycles. The fourth-order valence-corrected chi connectivity index (χ4v) is 2.49. The zero-order chi connectivity index (χ0) is 11.6. The van der Waals surface area contributed by atoms with Crippen molar-refractivity contribution in [1.82, 2.24) is 9.29 Å². The maximum atomic E-state index is 12.0. The summed E-state index contributed by atoms with van der Waals surface area (Å²) in [5.41, 5.74) is 5.53. The highest BCUT2D eigenvalue weighted by molar-refractivity contribution is 7.89. The number of nitrogens with zero attached hydrogens (tertiary/aromatic N) is 2. The van der Waals surface area contributed by atoms with E-state index < -0.39 is 10.0 Å². The van der Waals surface area contributed by atoms with E-state index in [1.54, 1.807) is 19.9 Å². The van der Waals surface area contributed by atoms with Crippen LogP contribution in [0.2, 0.25) is 0 Å². The van der Waals surface area contributed by atoms with Crippen molar-refractivity contribution in [3.63, 3.8) is 0 Å². The summed E-state index contributed by atoms with van der Waals surface area (Å²) in [5, 5.41) is 0. The van der Waals surface area contributed by atoms with Crippen molar-refractivity contribution in [3.8, 4) is 0 Å². The topological polar surface area (TPSA) is 76.3 Å². The van der Waals surface area contributed by atoms with Crippen LogP contribution >= 0.6 is 0 Å². The van der Waals surface area contributed by atoms with Crippen molar-refractivity contribution in [3.05, 3.63) is 18.3 Å². The Labute approximate surface area is 90.0 Å². The lowest BCUT2D eigenvalue weighted by Gasteiger charge is -2.21. The number of hydrogen-bond acceptors (Lipinski definition) is 4. The first-order valence-corrected chi connectivity index (χ1v) is 6.00. The van der Waals surface area contributed by atoms with Gasteiger partial charge in [-0.2, -0.15) is 4.31 Å². The second kappa shape index (κ2) is 4.16. The summed E-state index contributed by atoms with van der Waals surface area (Å²) < 4.78 is 25.3. The molecule has 0 amide bonds. The van der Waals surface area contributed by atoms with Gasteiger partial charge in [-0.3, -0.25) is 0 Å². The Hall–Kier alpha value is -1.14. The minimum Gasteiger partial charge on any atom is -0.383 e. The molecule has 0 spiro atoms. The Morgan fingerprint density at radius 2 is 2.07 bits per heavy atom. The Morgan fingerprint density at radius 1 is 1.47 bits per heavy atom. The number of nitrogens with two attached hydrogens (primary N) is 1. The molecule has 0 unspecified atom stereocenters. The Bertz CT molecular complexity index is 442. The number of sulfonamides is 1. The van der Waals surface area contributed by atoms with Gasteiger partial charge in [0, 0.05) is 19.3 Å². The Morgan fingerprint density at radius 3 is 2.53 bits per heavy atom. The lowest BCUT2D eigenvalue weighted by Crippen LogP contribution is -2.33. The van der Waals surface area contributed by atoms with Gasteiger partial charge in [-0.15, -0.1) is 0 Å². The van der Waals surface area contributed by atoms with E-state index in [0.29, 0.717) is 0 Å². The van der Waals surface area contributed by atoms with Crippen molar-refractivity contribution in [1.29, 1.82) is 0 Å². The van der Waals surface area contributed by atoms with Crippen molar-refractivity contribution in [2.24, 2.45) is 0 Å². The molecule has 0 radical (unpaired) electrons. The second-order valence-electron chi connectivity index (χ2n) is 3.50. The van der Waals surface area contributed by atoms with E-state index in [9.17, 15) is 8.42 Å². The van der Waals surface area contributed by atoms with Crippen LogP contribution in [-0.2, 0) is 10.0 Å². The fourth-order valence-electron chi connectivity index (χ4n) is 1.05. The normalized spacial score (nSPS) is 12.3. The van der Waals surface area contributed by atoms with Crippen LogP contribution in [0.15, 0.2) is 23.2 Å². The summed E-state index contributed by atoms with van der Waals surface area (Å²) in [6, 6.07) is 2.89. The van der Waals surface area contributed by atoms with Crippen molar-refractivity contribution < 1.29 is 8.42 Å². The standard InChI is InChI=1S/C9H15N3O2S/c1-7(2)12(3)15(13,14)8-5-4-6-11-9(8)10/h4-7H,1-3H3,(H2,10,11). The number of aromatic nitrogens is 1. The van der Waals surface area contributed by atoms with Gasteiger partial charge in [0.2, 0.25) is 10.0 Å². The minimum atomic E-state index is -3.52. The quantitative estimate of drug-likeness (QED) is 0.827. The molecular weight excluding hydrogens is 214 g/mol. The average Bonchev–Trinajstić information content (AvgIpc) is 2.16. The first kappa shape index (κ1) is 11.9. The fraction of sp³-hybridized carbons (Fsp3) is 0.444. The number of nitrogen functional groups attached to an aromatic ring is 1. The maximum absolute atomic E-state index is 12.0. The predicted octanol–water partition coefficient (Wildman–Crippen LogP) is 0.693. The van der Waals surface area contributed by atoms with E-state index in [1.165, 1.54) is 23.6 Å². The molecule has 0 saturated heterocycles. The highest BCUT2D eigenvalue weighted by Gasteiger charge is 2.25. The van der Waals surface area contributed by atoms with Crippen molar-refractivity contribution >= 4 is 15.8 Å². The molecule has 0 aliphatic heterocycles. The summed E-state index contributed by atoms with van der Waals surface area (Å²) in [5.74, 6) is 0.0324. The van der Waals surface area contributed by atoms with E-state index in [0.717, 1.165) is 0 Å². The molecule has 2 N–H and O–H groups in total. The molecule has 6 heteroatoms. The van der Waals surface area contributed by atoms with Gasteiger partial charge in [0.1, 0.15) is 10.7 Å². The molecule has 0 aromatic carbocycles. The van der Waals surface area contributed by atoms with Crippen LogP contribution in [0.1, 0.15) is 13.8 Å². The third kappa shape index (κ3) is 2.27. The van der Waals surface area contributed by atoms with Crippen LogP contribution < -0.4 is 5.73 Å². The van der Waals surface area contributed by atoms with Crippen LogP contribution in [0.25, 0.3) is 0 Å². The van der Waals surface area contributed by atoms with Gasteiger partial charge in [-0.25, -0.2) is 13.4 Å². The molecule has 5 nitrogen and oxygen atoms in total. The second-order valence-corrected chi connectivity index (χ2v) is 5.47. The molecule has 1 heterocycles. The molecule has 15 heavy (non-hydrogen) atoms. The number of hydrogen-bond donors (Lipinski definition) is 1. The first-order chi connectivity index (χ1) is 6.87. The molecule has 1 aromatic rings. The van der Waals surface area contributed by atoms with Gasteiger partial charge in [0.05, 0.1) is 0 Å². The molecule has 84 valence electrons. The third-order valence-electron chi connectivity index (χ3n) is 2.18. The van der Waals surface area contributed by atoms with E-state index >= 15 is 0 Å². The van der Waals surface area contributed by atoms with Crippen LogP contribution in [0.5, 0.6) is 0 Å². The highest BCUT2D eigenvalue weighted by Crippen LogP contribution is 2.20. The van der Waals surface area contributed by atoms with Crippen LogP contribution in [0.4, 0.5) is 5.82 Å².